The van der Waals surface area contributed by atoms with Crippen molar-refractivity contribution in [3.63, 3.8) is 0 Å². The number of anilines is 1. The maximum atomic E-state index is 14.6. The zero-order valence-electron chi connectivity index (χ0n) is 15.9. The molecule has 152 valence electrons. The average molecular weight is 411 g/mol. The van der Waals surface area contributed by atoms with E-state index in [2.05, 4.69) is 5.16 Å². The Hall–Kier alpha value is -4.01. The molecule has 0 saturated carbocycles. The van der Waals surface area contributed by atoms with Gasteiger partial charge in [-0.3, -0.25) is 10.1 Å². The van der Waals surface area contributed by atoms with Crippen LogP contribution in [0.4, 0.5) is 19.3 Å². The number of pyridine rings is 1. The molecule has 2 aromatic carbocycles. The molecule has 0 saturated heterocycles. The number of nitrogens with one attached hydrogen (secondary N) is 1. The number of carbonyl (C=O) groups is 1. The van der Waals surface area contributed by atoms with E-state index in [1.165, 1.54) is 16.8 Å². The van der Waals surface area contributed by atoms with E-state index in [0.29, 0.717) is 34.0 Å². The van der Waals surface area contributed by atoms with Crippen molar-refractivity contribution in [3.8, 4) is 16.8 Å². The predicted molar refractivity (Wildman–Crippen MR) is 106 cm³/mol. The van der Waals surface area contributed by atoms with E-state index in [1.807, 2.05) is 5.32 Å². The molecule has 0 radical (unpaired) electrons. The van der Waals surface area contributed by atoms with Crippen LogP contribution in [0.1, 0.15) is 11.5 Å². The first kappa shape index (κ1) is 19.3. The Morgan fingerprint density at radius 2 is 1.90 bits per heavy atom. The van der Waals surface area contributed by atoms with Gasteiger partial charge in [0.2, 0.25) is 0 Å². The molecule has 0 atom stereocenters. The quantitative estimate of drug-likeness (QED) is 0.512. The first-order valence-electron chi connectivity index (χ1n) is 8.84. The molecular formula is C21H15F2N3O4. The number of aromatic nitrogens is 2. The van der Waals surface area contributed by atoms with Gasteiger partial charge >= 0.3 is 6.09 Å². The summed E-state index contributed by atoms with van der Waals surface area (Å²) in [5.74, 6) is -1.39. The Morgan fingerprint density at radius 3 is 2.57 bits per heavy atom. The third kappa shape index (κ3) is 3.20. The number of hydrogen-bond acceptors (Lipinski definition) is 4. The van der Waals surface area contributed by atoms with Crippen molar-refractivity contribution in [3.05, 3.63) is 75.9 Å². The van der Waals surface area contributed by atoms with Crippen LogP contribution >= 0.6 is 0 Å². The smallest absolute Gasteiger partial charge is 0.409 e. The summed E-state index contributed by atoms with van der Waals surface area (Å²) >= 11 is 0. The van der Waals surface area contributed by atoms with Gasteiger partial charge in [-0.25, -0.2) is 13.6 Å². The number of hydrogen-bond donors (Lipinski definition) is 2. The molecule has 2 aromatic heterocycles. The normalized spacial score (nSPS) is 11.1. The highest BCUT2D eigenvalue weighted by atomic mass is 19.1. The number of nitrogens with zero attached hydrogens (tertiary/aromatic N) is 2. The number of carboxylic acid groups (broad SMARTS) is 1. The molecule has 30 heavy (non-hydrogen) atoms. The van der Waals surface area contributed by atoms with Crippen molar-refractivity contribution in [1.82, 2.24) is 9.72 Å². The average Bonchev–Trinajstić information content (AvgIpc) is 3.02. The van der Waals surface area contributed by atoms with Gasteiger partial charge in [-0.2, -0.15) is 0 Å². The molecular weight excluding hydrogens is 396 g/mol. The molecule has 4 rings (SSSR count). The highest BCUT2D eigenvalue weighted by molar-refractivity contribution is 5.87. The summed E-state index contributed by atoms with van der Waals surface area (Å²) in [6.45, 7) is 3.53. The van der Waals surface area contributed by atoms with Gasteiger partial charge in [0.15, 0.2) is 5.43 Å². The summed E-state index contributed by atoms with van der Waals surface area (Å²) in [6.07, 6.45) is -0.139. The molecule has 9 heteroatoms. The van der Waals surface area contributed by atoms with Gasteiger partial charge in [0.1, 0.15) is 17.4 Å². The third-order valence-corrected chi connectivity index (χ3v) is 4.76. The zero-order chi connectivity index (χ0) is 21.6. The van der Waals surface area contributed by atoms with Crippen LogP contribution in [0.2, 0.25) is 0 Å². The van der Waals surface area contributed by atoms with E-state index in [9.17, 15) is 18.4 Å². The van der Waals surface area contributed by atoms with Crippen LogP contribution in [0.3, 0.4) is 0 Å². The Bertz CT molecular complexity index is 1360. The van der Waals surface area contributed by atoms with Crippen LogP contribution in [0, 0.1) is 25.5 Å². The first-order valence-corrected chi connectivity index (χ1v) is 8.84. The topological polar surface area (TPSA) is 97.4 Å². The van der Waals surface area contributed by atoms with Crippen molar-refractivity contribution in [2.24, 2.45) is 0 Å². The lowest BCUT2D eigenvalue weighted by atomic mass is 10.0. The minimum absolute atomic E-state index is 0.124. The molecule has 1 amide bonds. The minimum atomic E-state index is -1.49. The number of rotatable bonds is 3. The molecule has 2 N–H and O–H groups in total. The van der Waals surface area contributed by atoms with E-state index >= 15 is 0 Å². The summed E-state index contributed by atoms with van der Waals surface area (Å²) in [6, 6.07) is 7.89. The maximum Gasteiger partial charge on any atom is 0.409 e. The van der Waals surface area contributed by atoms with Gasteiger partial charge in [0.05, 0.1) is 22.6 Å². The lowest BCUT2D eigenvalue weighted by Crippen LogP contribution is -2.12. The standard InChI is InChI=1S/C21H15F2N3O4/c1-10-20(11(2)30-25-10)12-3-4-13-17(7-12)26(6-5-19(13)27)18-9-16(24-21(28)29)14(22)8-15(18)23/h3-9,24H,1-2H3,(H,28,29). The van der Waals surface area contributed by atoms with Gasteiger partial charge in [0.25, 0.3) is 0 Å². The molecule has 0 bridgehead atoms. The SMILES string of the molecule is Cc1noc(C)c1-c1ccc2c(=O)ccn(-c3cc(NC(=O)O)c(F)cc3F)c2c1. The Morgan fingerprint density at radius 1 is 1.13 bits per heavy atom. The fourth-order valence-electron chi connectivity index (χ4n) is 3.45. The van der Waals surface area contributed by atoms with E-state index in [1.54, 1.807) is 32.0 Å². The molecule has 0 unspecified atom stereocenters. The first-order chi connectivity index (χ1) is 14.3. The van der Waals surface area contributed by atoms with Gasteiger partial charge in [-0.15, -0.1) is 0 Å². The molecule has 7 nitrogen and oxygen atoms in total. The van der Waals surface area contributed by atoms with Crippen molar-refractivity contribution in [2.45, 2.75) is 13.8 Å². The van der Waals surface area contributed by atoms with E-state index < -0.39 is 23.4 Å². The largest absolute Gasteiger partial charge is 0.465 e. The monoisotopic (exact) mass is 411 g/mol. The molecule has 0 aliphatic rings. The number of aryl methyl sites for hydroxylation is 2. The van der Waals surface area contributed by atoms with Crippen molar-refractivity contribution in [2.75, 3.05) is 5.32 Å². The van der Waals surface area contributed by atoms with Crippen LogP contribution in [0.15, 0.2) is 51.9 Å². The van der Waals surface area contributed by atoms with Crippen molar-refractivity contribution >= 4 is 22.7 Å². The highest BCUT2D eigenvalue weighted by Crippen LogP contribution is 2.31. The van der Waals surface area contributed by atoms with Crippen molar-refractivity contribution in [1.29, 1.82) is 0 Å². The minimum Gasteiger partial charge on any atom is -0.465 e. The van der Waals surface area contributed by atoms with Crippen molar-refractivity contribution < 1.29 is 23.2 Å². The van der Waals surface area contributed by atoms with E-state index in [-0.39, 0.29) is 11.1 Å². The van der Waals surface area contributed by atoms with Gasteiger partial charge in [0, 0.05) is 29.3 Å². The molecule has 4 aromatic rings. The van der Waals surface area contributed by atoms with Gasteiger partial charge < -0.3 is 14.2 Å². The lowest BCUT2D eigenvalue weighted by Gasteiger charge is -2.15. The predicted octanol–water partition coefficient (Wildman–Crippen LogP) is 4.63. The number of benzene rings is 2. The summed E-state index contributed by atoms with van der Waals surface area (Å²) in [5, 5.41) is 15.0. The highest BCUT2D eigenvalue weighted by Gasteiger charge is 2.17. The van der Waals surface area contributed by atoms with Gasteiger partial charge in [-0.1, -0.05) is 11.2 Å². The van der Waals surface area contributed by atoms with E-state index in [0.717, 1.165) is 11.6 Å². The molecule has 0 spiro atoms. The zero-order valence-corrected chi connectivity index (χ0v) is 15.9. The number of amides is 1. The molecule has 2 heterocycles. The van der Waals surface area contributed by atoms with Crippen LogP contribution in [0.5, 0.6) is 0 Å². The van der Waals surface area contributed by atoms with Crippen LogP contribution < -0.4 is 10.7 Å². The second kappa shape index (κ2) is 7.11. The summed E-state index contributed by atoms with van der Waals surface area (Å²) in [7, 11) is 0. The Kier molecular flexibility index (Phi) is 4.57. The second-order valence-electron chi connectivity index (χ2n) is 6.69. The van der Waals surface area contributed by atoms with Crippen LogP contribution in [-0.2, 0) is 0 Å². The van der Waals surface area contributed by atoms with Crippen LogP contribution in [0.25, 0.3) is 27.7 Å². The van der Waals surface area contributed by atoms with Crippen LogP contribution in [-0.4, -0.2) is 20.9 Å². The number of halogens is 2. The fourth-order valence-corrected chi connectivity index (χ4v) is 3.45. The Balaban J connectivity index is 2.00. The summed E-state index contributed by atoms with van der Waals surface area (Å²) in [4.78, 5) is 23.3. The summed E-state index contributed by atoms with van der Waals surface area (Å²) < 4.78 is 35.2. The lowest BCUT2D eigenvalue weighted by molar-refractivity contribution is 0.209. The van der Waals surface area contributed by atoms with Gasteiger partial charge in [-0.05, 0) is 37.6 Å². The van der Waals surface area contributed by atoms with E-state index in [4.69, 9.17) is 9.63 Å². The third-order valence-electron chi connectivity index (χ3n) is 4.76. The fraction of sp³-hybridized carbons (Fsp3) is 0.0952. The maximum absolute atomic E-state index is 14.6. The molecule has 0 fully saturated rings. The Labute approximate surface area is 168 Å². The second-order valence-corrected chi connectivity index (χ2v) is 6.69. The molecule has 0 aliphatic heterocycles. The number of fused-ring (bicyclic) bond motifs is 1. The summed E-state index contributed by atoms with van der Waals surface area (Å²) in [5.41, 5.74) is 1.63. The molecule has 0 aliphatic carbocycles.